The molecule has 32 heavy (non-hydrogen) atoms. The van der Waals surface area contributed by atoms with E-state index >= 15 is 0 Å². The van der Waals surface area contributed by atoms with Gasteiger partial charge >= 0.3 is 0 Å². The predicted molar refractivity (Wildman–Crippen MR) is 134 cm³/mol. The van der Waals surface area contributed by atoms with E-state index in [1.165, 1.54) is 12.1 Å². The van der Waals surface area contributed by atoms with Crippen molar-refractivity contribution >= 4 is 59.4 Å². The quantitative estimate of drug-likeness (QED) is 0.349. The molecule has 3 aromatic rings. The van der Waals surface area contributed by atoms with E-state index in [0.29, 0.717) is 10.6 Å². The zero-order valence-electron chi connectivity index (χ0n) is 17.1. The third-order valence-corrected chi connectivity index (χ3v) is 8.00. The van der Waals surface area contributed by atoms with E-state index in [9.17, 15) is 13.2 Å². The van der Waals surface area contributed by atoms with Crippen LogP contribution >= 0.6 is 43.5 Å². The first-order valence-electron chi connectivity index (χ1n) is 9.71. The van der Waals surface area contributed by atoms with E-state index in [-0.39, 0.29) is 24.0 Å². The van der Waals surface area contributed by atoms with Gasteiger partial charge in [0, 0.05) is 20.5 Å². The maximum atomic E-state index is 13.4. The number of hydrogen-bond donors (Lipinski definition) is 1. The third kappa shape index (κ3) is 6.42. The summed E-state index contributed by atoms with van der Waals surface area (Å²) in [5.74, 6) is -0.412. The van der Waals surface area contributed by atoms with Crippen LogP contribution in [0.2, 0.25) is 5.02 Å². The van der Waals surface area contributed by atoms with E-state index in [1.54, 1.807) is 36.4 Å². The second-order valence-corrected chi connectivity index (χ2v) is 11.3. The number of rotatable bonds is 8. The molecule has 0 aliphatic rings. The van der Waals surface area contributed by atoms with E-state index < -0.39 is 15.9 Å². The van der Waals surface area contributed by atoms with Crippen LogP contribution in [0.25, 0.3) is 0 Å². The first kappa shape index (κ1) is 24.9. The molecule has 0 spiro atoms. The van der Waals surface area contributed by atoms with Gasteiger partial charge in [-0.15, -0.1) is 0 Å². The molecule has 1 amide bonds. The molecule has 0 aliphatic carbocycles. The Bertz CT molecular complexity index is 1200. The van der Waals surface area contributed by atoms with E-state index in [2.05, 4.69) is 37.2 Å². The van der Waals surface area contributed by atoms with Gasteiger partial charge in [0.25, 0.3) is 0 Å². The summed E-state index contributed by atoms with van der Waals surface area (Å²) in [6, 6.07) is 20.6. The largest absolute Gasteiger partial charge is 0.348 e. The average molecular weight is 601 g/mol. The molecular weight excluding hydrogens is 580 g/mol. The molecule has 0 saturated carbocycles. The fraction of sp³-hybridized carbons (Fsp3) is 0.174. The van der Waals surface area contributed by atoms with Gasteiger partial charge in [0.15, 0.2) is 0 Å². The number of carbonyl (C=O) groups is 1. The van der Waals surface area contributed by atoms with Crippen LogP contribution in [0.1, 0.15) is 24.1 Å². The maximum Gasteiger partial charge on any atom is 0.243 e. The zero-order chi connectivity index (χ0) is 23.3. The van der Waals surface area contributed by atoms with Crippen LogP contribution in [0, 0.1) is 0 Å². The lowest BCUT2D eigenvalue weighted by molar-refractivity contribution is -0.122. The molecule has 1 N–H and O–H groups in total. The highest BCUT2D eigenvalue weighted by Crippen LogP contribution is 2.24. The van der Waals surface area contributed by atoms with Gasteiger partial charge in [-0.1, -0.05) is 73.8 Å². The monoisotopic (exact) mass is 598 g/mol. The van der Waals surface area contributed by atoms with Gasteiger partial charge in [0.1, 0.15) is 0 Å². The van der Waals surface area contributed by atoms with E-state index in [4.69, 9.17) is 11.6 Å². The number of nitrogens with one attached hydrogen (secondary N) is 1. The maximum absolute atomic E-state index is 13.4. The van der Waals surface area contributed by atoms with E-state index in [0.717, 1.165) is 18.8 Å². The molecule has 0 fully saturated rings. The first-order chi connectivity index (χ1) is 15.2. The lowest BCUT2D eigenvalue weighted by atomic mass is 10.1. The molecule has 1 atom stereocenters. The Kier molecular flexibility index (Phi) is 8.52. The summed E-state index contributed by atoms with van der Waals surface area (Å²) < 4.78 is 29.5. The number of benzene rings is 3. The lowest BCUT2D eigenvalue weighted by Gasteiger charge is -2.24. The standard InChI is InChI=1S/C23H21Br2ClN2O3S/c1-16(17-6-4-7-20(25)13-17)27-23(29)15-28(14-18-5-2-3-8-22(18)26)32(30,31)21-11-9-19(24)10-12-21/h2-13,16H,14-15H2,1H3,(H,27,29)/t16-/m1/s1. The summed E-state index contributed by atoms with van der Waals surface area (Å²) in [5, 5.41) is 3.32. The number of carbonyl (C=O) groups excluding carboxylic acids is 1. The van der Waals surface area contributed by atoms with Gasteiger partial charge in [-0.05, 0) is 60.5 Å². The Labute approximate surface area is 210 Å². The molecule has 168 valence electrons. The lowest BCUT2D eigenvalue weighted by Crippen LogP contribution is -2.41. The van der Waals surface area contributed by atoms with Crippen LogP contribution in [0.4, 0.5) is 0 Å². The van der Waals surface area contributed by atoms with E-state index in [1.807, 2.05) is 31.2 Å². The summed E-state index contributed by atoms with van der Waals surface area (Å²) in [5.41, 5.74) is 1.52. The highest BCUT2D eigenvalue weighted by Gasteiger charge is 2.28. The number of sulfonamides is 1. The van der Waals surface area contributed by atoms with Gasteiger partial charge in [-0.2, -0.15) is 4.31 Å². The third-order valence-electron chi connectivity index (χ3n) is 4.80. The Morgan fingerprint density at radius 2 is 1.69 bits per heavy atom. The smallest absolute Gasteiger partial charge is 0.243 e. The fourth-order valence-corrected chi connectivity index (χ4v) is 5.36. The van der Waals surface area contributed by atoms with Crippen molar-refractivity contribution in [3.8, 4) is 0 Å². The molecule has 0 saturated heterocycles. The summed E-state index contributed by atoms with van der Waals surface area (Å²) >= 11 is 13.0. The van der Waals surface area contributed by atoms with Gasteiger partial charge in [0.2, 0.25) is 15.9 Å². The summed E-state index contributed by atoms with van der Waals surface area (Å²) in [7, 11) is -3.95. The molecule has 0 radical (unpaired) electrons. The summed E-state index contributed by atoms with van der Waals surface area (Å²) in [4.78, 5) is 13.0. The van der Waals surface area contributed by atoms with Crippen LogP contribution in [0.3, 0.4) is 0 Å². The molecule has 0 aliphatic heterocycles. The van der Waals surface area contributed by atoms with Crippen LogP contribution in [0.15, 0.2) is 86.6 Å². The zero-order valence-corrected chi connectivity index (χ0v) is 21.9. The van der Waals surface area contributed by atoms with Gasteiger partial charge in [0.05, 0.1) is 17.5 Å². The second kappa shape index (κ2) is 10.9. The van der Waals surface area contributed by atoms with Crippen molar-refractivity contribution < 1.29 is 13.2 Å². The topological polar surface area (TPSA) is 66.5 Å². The number of hydrogen-bond acceptors (Lipinski definition) is 3. The van der Waals surface area contributed by atoms with Crippen LogP contribution in [-0.2, 0) is 21.4 Å². The van der Waals surface area contributed by atoms with Gasteiger partial charge < -0.3 is 5.32 Å². The number of nitrogens with zero attached hydrogens (tertiary/aromatic N) is 1. The minimum absolute atomic E-state index is 0.0310. The van der Waals surface area contributed by atoms with Crippen molar-refractivity contribution in [3.63, 3.8) is 0 Å². The Morgan fingerprint density at radius 3 is 2.34 bits per heavy atom. The molecule has 3 aromatic carbocycles. The SMILES string of the molecule is C[C@@H](NC(=O)CN(Cc1ccccc1Cl)S(=O)(=O)c1ccc(Br)cc1)c1cccc(Br)c1. The Hall–Kier alpha value is -1.71. The van der Waals surface area contributed by atoms with Crippen LogP contribution in [-0.4, -0.2) is 25.2 Å². The van der Waals surface area contributed by atoms with Crippen molar-refractivity contribution in [1.29, 1.82) is 0 Å². The first-order valence-corrected chi connectivity index (χ1v) is 13.1. The average Bonchev–Trinajstić information content (AvgIpc) is 2.75. The van der Waals surface area contributed by atoms with Crippen molar-refractivity contribution in [2.45, 2.75) is 24.4 Å². The molecule has 0 unspecified atom stereocenters. The van der Waals surface area contributed by atoms with Crippen LogP contribution < -0.4 is 5.32 Å². The second-order valence-electron chi connectivity index (χ2n) is 7.16. The number of halogens is 3. The minimum atomic E-state index is -3.95. The Morgan fingerprint density at radius 1 is 1.00 bits per heavy atom. The highest BCUT2D eigenvalue weighted by molar-refractivity contribution is 9.10. The molecule has 0 aromatic heterocycles. The summed E-state index contributed by atoms with van der Waals surface area (Å²) in [6.45, 7) is 1.47. The molecule has 5 nitrogen and oxygen atoms in total. The van der Waals surface area contributed by atoms with Crippen molar-refractivity contribution in [3.05, 3.63) is 97.9 Å². The molecule has 0 bridgehead atoms. The van der Waals surface area contributed by atoms with Gasteiger partial charge in [-0.3, -0.25) is 4.79 Å². The summed E-state index contributed by atoms with van der Waals surface area (Å²) in [6.07, 6.45) is 0. The highest BCUT2D eigenvalue weighted by atomic mass is 79.9. The Balaban J connectivity index is 1.85. The number of amides is 1. The molecule has 9 heteroatoms. The normalized spacial score (nSPS) is 12.5. The molecular formula is C23H21Br2ClN2O3S. The molecule has 3 rings (SSSR count). The fourth-order valence-electron chi connectivity index (χ4n) is 3.10. The van der Waals surface area contributed by atoms with Crippen molar-refractivity contribution in [2.24, 2.45) is 0 Å². The minimum Gasteiger partial charge on any atom is -0.348 e. The van der Waals surface area contributed by atoms with Crippen molar-refractivity contribution in [1.82, 2.24) is 9.62 Å². The predicted octanol–water partition coefficient (Wildman–Crippen LogP) is 5.93. The molecule has 0 heterocycles. The van der Waals surface area contributed by atoms with Crippen LogP contribution in [0.5, 0.6) is 0 Å². The van der Waals surface area contributed by atoms with Crippen molar-refractivity contribution in [2.75, 3.05) is 6.54 Å². The van der Waals surface area contributed by atoms with Gasteiger partial charge in [-0.25, -0.2) is 8.42 Å².